The summed E-state index contributed by atoms with van der Waals surface area (Å²) in [5, 5.41) is 7.06. The Labute approximate surface area is 154 Å². The molecule has 2 N–H and O–H groups in total. The van der Waals surface area contributed by atoms with Crippen LogP contribution in [0.5, 0.6) is 0 Å². The largest absolute Gasteiger partial charge is 0.312 e. The van der Waals surface area contributed by atoms with E-state index in [-0.39, 0.29) is 18.5 Å². The maximum Gasteiger partial charge on any atom is 0.261 e. The summed E-state index contributed by atoms with van der Waals surface area (Å²) in [4.78, 5) is 23.7. The average molecular weight is 400 g/mol. The minimum Gasteiger partial charge on any atom is -0.312 e. The maximum absolute atomic E-state index is 14.4. The first kappa shape index (κ1) is 20.7. The van der Waals surface area contributed by atoms with Gasteiger partial charge in [0.15, 0.2) is 9.84 Å². The highest BCUT2D eigenvalue weighted by atomic mass is 32.2. The second-order valence-corrected chi connectivity index (χ2v) is 8.34. The van der Waals surface area contributed by atoms with Gasteiger partial charge in [0, 0.05) is 30.6 Å². The number of aryl methyl sites for hydroxylation is 2. The fraction of sp³-hybridized carbons (Fsp3) is 0.294. The number of hydrogen-bond acceptors (Lipinski definition) is 5. The second kappa shape index (κ2) is 7.97. The first-order chi connectivity index (χ1) is 12.5. The Bertz CT molecular complexity index is 1030. The molecule has 0 aliphatic carbocycles. The van der Waals surface area contributed by atoms with Crippen molar-refractivity contribution in [2.24, 2.45) is 0 Å². The van der Waals surface area contributed by atoms with Crippen molar-refractivity contribution in [1.29, 1.82) is 0 Å². The van der Waals surface area contributed by atoms with Crippen molar-refractivity contribution in [3.63, 3.8) is 0 Å². The quantitative estimate of drug-likeness (QED) is 0.563. The van der Waals surface area contributed by atoms with E-state index < -0.39 is 38.2 Å². The SMILES string of the molecule is Cc1cc(-c2cc(=O)n(CC[C@H](C(=O)NO)S(C)(=O)=O)cc2F)ccc1F. The molecule has 1 aromatic carbocycles. The van der Waals surface area contributed by atoms with Crippen LogP contribution in [-0.4, -0.2) is 35.6 Å². The third-order valence-electron chi connectivity index (χ3n) is 4.10. The lowest BCUT2D eigenvalue weighted by Gasteiger charge is -2.14. The molecule has 0 unspecified atom stereocenters. The number of carbonyl (C=O) groups excluding carboxylic acids is 1. The van der Waals surface area contributed by atoms with Crippen molar-refractivity contribution in [1.82, 2.24) is 10.0 Å². The van der Waals surface area contributed by atoms with Crippen LogP contribution < -0.4 is 11.0 Å². The number of hydroxylamine groups is 1. The van der Waals surface area contributed by atoms with Crippen molar-refractivity contribution in [3.8, 4) is 11.1 Å². The minimum absolute atomic E-state index is 0.0212. The number of benzene rings is 1. The molecular weight excluding hydrogens is 382 g/mol. The van der Waals surface area contributed by atoms with Gasteiger partial charge in [0.05, 0.1) is 0 Å². The third-order valence-corrected chi connectivity index (χ3v) is 5.58. The molecule has 10 heteroatoms. The van der Waals surface area contributed by atoms with Gasteiger partial charge in [0.1, 0.15) is 16.9 Å². The average Bonchev–Trinajstić information content (AvgIpc) is 2.58. The highest BCUT2D eigenvalue weighted by Crippen LogP contribution is 2.23. The highest BCUT2D eigenvalue weighted by Gasteiger charge is 2.28. The van der Waals surface area contributed by atoms with Gasteiger partial charge in [-0.1, -0.05) is 6.07 Å². The van der Waals surface area contributed by atoms with Crippen LogP contribution >= 0.6 is 0 Å². The molecule has 146 valence electrons. The predicted octanol–water partition coefficient (Wildman–Crippen LogP) is 1.41. The van der Waals surface area contributed by atoms with E-state index in [4.69, 9.17) is 5.21 Å². The van der Waals surface area contributed by atoms with Gasteiger partial charge in [-0.05, 0) is 36.6 Å². The lowest BCUT2D eigenvalue weighted by atomic mass is 10.0. The first-order valence-corrected chi connectivity index (χ1v) is 9.79. The number of hydrogen-bond donors (Lipinski definition) is 2. The van der Waals surface area contributed by atoms with E-state index >= 15 is 0 Å². The summed E-state index contributed by atoms with van der Waals surface area (Å²) in [5.74, 6) is -2.35. The smallest absolute Gasteiger partial charge is 0.261 e. The number of pyridine rings is 1. The van der Waals surface area contributed by atoms with E-state index in [1.807, 2.05) is 0 Å². The van der Waals surface area contributed by atoms with Gasteiger partial charge in [-0.3, -0.25) is 14.8 Å². The summed E-state index contributed by atoms with van der Waals surface area (Å²) in [6, 6.07) is 4.93. The Kier molecular flexibility index (Phi) is 6.11. The number of nitrogens with zero attached hydrogens (tertiary/aromatic N) is 1. The van der Waals surface area contributed by atoms with E-state index in [0.717, 1.165) is 23.1 Å². The summed E-state index contributed by atoms with van der Waals surface area (Å²) < 4.78 is 52.0. The molecule has 1 amide bonds. The Morgan fingerprint density at radius 2 is 1.93 bits per heavy atom. The maximum atomic E-state index is 14.4. The minimum atomic E-state index is -3.85. The Morgan fingerprint density at radius 3 is 2.48 bits per heavy atom. The molecule has 0 saturated heterocycles. The molecule has 1 aromatic heterocycles. The Balaban J connectivity index is 2.32. The van der Waals surface area contributed by atoms with E-state index in [0.29, 0.717) is 11.1 Å². The van der Waals surface area contributed by atoms with E-state index in [1.54, 1.807) is 0 Å². The molecule has 0 bridgehead atoms. The topological polar surface area (TPSA) is 105 Å². The summed E-state index contributed by atoms with van der Waals surface area (Å²) in [7, 11) is -3.85. The summed E-state index contributed by atoms with van der Waals surface area (Å²) in [5.41, 5.74) is 1.24. The normalized spacial score (nSPS) is 12.6. The van der Waals surface area contributed by atoms with Crippen LogP contribution in [0.25, 0.3) is 11.1 Å². The van der Waals surface area contributed by atoms with E-state index in [9.17, 15) is 26.8 Å². The van der Waals surface area contributed by atoms with Gasteiger partial charge in [-0.15, -0.1) is 0 Å². The van der Waals surface area contributed by atoms with Crippen molar-refractivity contribution in [2.45, 2.75) is 25.1 Å². The molecule has 0 saturated carbocycles. The van der Waals surface area contributed by atoms with Crippen LogP contribution in [0.15, 0.2) is 35.3 Å². The molecule has 0 radical (unpaired) electrons. The zero-order valence-corrected chi connectivity index (χ0v) is 15.4. The van der Waals surface area contributed by atoms with Crippen LogP contribution in [0.4, 0.5) is 8.78 Å². The lowest BCUT2D eigenvalue weighted by molar-refractivity contribution is -0.128. The molecular formula is C17H18F2N2O5S. The predicted molar refractivity (Wildman–Crippen MR) is 94.0 cm³/mol. The molecule has 7 nitrogen and oxygen atoms in total. The molecule has 0 spiro atoms. The number of amides is 1. The van der Waals surface area contributed by atoms with Gasteiger partial charge in [0.25, 0.3) is 11.5 Å². The molecule has 1 heterocycles. The molecule has 1 atom stereocenters. The third kappa shape index (κ3) is 4.77. The lowest BCUT2D eigenvalue weighted by Crippen LogP contribution is -2.39. The second-order valence-electron chi connectivity index (χ2n) is 6.11. The fourth-order valence-corrected chi connectivity index (χ4v) is 3.60. The van der Waals surface area contributed by atoms with Crippen LogP contribution in [0, 0.1) is 18.6 Å². The zero-order chi connectivity index (χ0) is 20.4. The van der Waals surface area contributed by atoms with Gasteiger partial charge in [0.2, 0.25) is 0 Å². The molecule has 2 rings (SSSR count). The van der Waals surface area contributed by atoms with Gasteiger partial charge >= 0.3 is 0 Å². The first-order valence-electron chi connectivity index (χ1n) is 7.84. The number of sulfone groups is 1. The summed E-state index contributed by atoms with van der Waals surface area (Å²) in [6.45, 7) is 1.25. The molecule has 0 fully saturated rings. The molecule has 0 aliphatic rings. The standard InChI is InChI=1S/C17H18F2N2O5S/c1-10-7-11(3-4-13(10)18)12-8-16(22)21(9-14(12)19)6-5-15(17(23)20-24)27(2,25)26/h3-4,7-9,15,24H,5-6H2,1-2H3,(H,20,23)/t15-/m1/s1. The van der Waals surface area contributed by atoms with Gasteiger partial charge < -0.3 is 4.57 Å². The molecule has 0 aliphatic heterocycles. The van der Waals surface area contributed by atoms with Crippen LogP contribution in [-0.2, 0) is 21.2 Å². The number of halogens is 2. The molecule has 27 heavy (non-hydrogen) atoms. The Hall–Kier alpha value is -2.59. The fourth-order valence-electron chi connectivity index (χ4n) is 2.62. The molecule has 2 aromatic rings. The number of nitrogens with one attached hydrogen (secondary N) is 1. The van der Waals surface area contributed by atoms with Crippen molar-refractivity contribution >= 4 is 15.7 Å². The van der Waals surface area contributed by atoms with Crippen LogP contribution in [0.2, 0.25) is 0 Å². The zero-order valence-electron chi connectivity index (χ0n) is 14.6. The summed E-state index contributed by atoms with van der Waals surface area (Å²) in [6.07, 6.45) is 1.38. The van der Waals surface area contributed by atoms with Crippen LogP contribution in [0.1, 0.15) is 12.0 Å². The van der Waals surface area contributed by atoms with E-state index in [1.165, 1.54) is 30.6 Å². The number of aromatic nitrogens is 1. The van der Waals surface area contributed by atoms with Crippen LogP contribution in [0.3, 0.4) is 0 Å². The highest BCUT2D eigenvalue weighted by molar-refractivity contribution is 7.92. The van der Waals surface area contributed by atoms with Crippen molar-refractivity contribution in [3.05, 3.63) is 58.0 Å². The van der Waals surface area contributed by atoms with Crippen molar-refractivity contribution < 1.29 is 27.2 Å². The summed E-state index contributed by atoms with van der Waals surface area (Å²) >= 11 is 0. The number of carbonyl (C=O) groups is 1. The number of rotatable bonds is 6. The Morgan fingerprint density at radius 1 is 1.26 bits per heavy atom. The monoisotopic (exact) mass is 400 g/mol. The van der Waals surface area contributed by atoms with E-state index in [2.05, 4.69) is 0 Å². The van der Waals surface area contributed by atoms with Crippen molar-refractivity contribution in [2.75, 3.05) is 6.26 Å². The van der Waals surface area contributed by atoms with Gasteiger partial charge in [-0.2, -0.15) is 0 Å². The van der Waals surface area contributed by atoms with Gasteiger partial charge in [-0.25, -0.2) is 22.7 Å².